The molecule has 0 spiro atoms. The van der Waals surface area contributed by atoms with E-state index in [1.54, 1.807) is 22.5 Å². The normalized spacial score (nSPS) is 28.3. The van der Waals surface area contributed by atoms with Crippen molar-refractivity contribution in [2.75, 3.05) is 26.7 Å². The van der Waals surface area contributed by atoms with Gasteiger partial charge in [0, 0.05) is 25.2 Å². The fourth-order valence-corrected chi connectivity index (χ4v) is 5.36. The van der Waals surface area contributed by atoms with Gasteiger partial charge >= 0.3 is 0 Å². The molecule has 2 fully saturated rings. The van der Waals surface area contributed by atoms with Crippen molar-refractivity contribution in [3.8, 4) is 0 Å². The molecule has 116 valence electrons. The van der Waals surface area contributed by atoms with Crippen molar-refractivity contribution in [2.24, 2.45) is 0 Å². The summed E-state index contributed by atoms with van der Waals surface area (Å²) >= 11 is 6.25. The van der Waals surface area contributed by atoms with Crippen LogP contribution in [-0.4, -0.2) is 49.8 Å². The summed E-state index contributed by atoms with van der Waals surface area (Å²) < 4.78 is 27.3. The lowest BCUT2D eigenvalue weighted by Gasteiger charge is -2.26. The van der Waals surface area contributed by atoms with Gasteiger partial charge in [0.15, 0.2) is 0 Å². The highest BCUT2D eigenvalue weighted by Crippen LogP contribution is 2.38. The summed E-state index contributed by atoms with van der Waals surface area (Å²) in [5.74, 6) is 0. The van der Waals surface area contributed by atoms with Crippen LogP contribution in [0.4, 0.5) is 0 Å². The van der Waals surface area contributed by atoms with Gasteiger partial charge in [0.25, 0.3) is 0 Å². The molecule has 3 rings (SSSR count). The zero-order valence-electron chi connectivity index (χ0n) is 11.9. The third-order valence-electron chi connectivity index (χ3n) is 4.22. The van der Waals surface area contributed by atoms with Crippen LogP contribution < -0.4 is 0 Å². The van der Waals surface area contributed by atoms with Crippen LogP contribution in [0.2, 0.25) is 5.02 Å². The number of hydrogen-bond acceptors (Lipinski definition) is 4. The SMILES string of the molecule is CN1OC[C@H](S(=O)(=O)N2CCCC2)[C@H]1c1ccccc1Cl. The lowest BCUT2D eigenvalue weighted by atomic mass is 10.0. The molecule has 2 atom stereocenters. The van der Waals surface area contributed by atoms with E-state index in [1.165, 1.54) is 0 Å². The molecule has 1 aromatic carbocycles. The lowest BCUT2D eigenvalue weighted by molar-refractivity contribution is -0.110. The van der Waals surface area contributed by atoms with Gasteiger partial charge in [0.05, 0.1) is 12.6 Å². The third-order valence-corrected chi connectivity index (χ3v) is 6.81. The van der Waals surface area contributed by atoms with E-state index in [0.717, 1.165) is 18.4 Å². The highest BCUT2D eigenvalue weighted by Gasteiger charge is 2.46. The maximum absolute atomic E-state index is 12.9. The summed E-state index contributed by atoms with van der Waals surface area (Å²) in [7, 11) is -1.62. The molecule has 0 aliphatic carbocycles. The van der Waals surface area contributed by atoms with Gasteiger partial charge in [-0.2, -0.15) is 5.06 Å². The number of hydrogen-bond donors (Lipinski definition) is 0. The molecule has 0 saturated carbocycles. The van der Waals surface area contributed by atoms with Gasteiger partial charge in [0.1, 0.15) is 5.25 Å². The van der Waals surface area contributed by atoms with Gasteiger partial charge in [-0.25, -0.2) is 12.7 Å². The molecule has 2 aliphatic heterocycles. The highest BCUT2D eigenvalue weighted by molar-refractivity contribution is 7.89. The van der Waals surface area contributed by atoms with Crippen LogP contribution in [-0.2, 0) is 14.9 Å². The summed E-state index contributed by atoms with van der Waals surface area (Å²) in [5, 5.41) is 1.57. The van der Waals surface area contributed by atoms with E-state index >= 15 is 0 Å². The van der Waals surface area contributed by atoms with Crippen molar-refractivity contribution >= 4 is 21.6 Å². The minimum atomic E-state index is -3.38. The Morgan fingerprint density at radius 2 is 1.90 bits per heavy atom. The quantitative estimate of drug-likeness (QED) is 0.851. The van der Waals surface area contributed by atoms with E-state index < -0.39 is 15.3 Å². The van der Waals surface area contributed by atoms with Gasteiger partial charge in [-0.05, 0) is 24.5 Å². The molecule has 0 aromatic heterocycles. The van der Waals surface area contributed by atoms with E-state index in [9.17, 15) is 8.42 Å². The standard InChI is InChI=1S/C14H19ClN2O3S/c1-16-14(11-6-2-3-7-12(11)15)13(10-20-16)21(18,19)17-8-4-5-9-17/h2-3,6-7,13-14H,4-5,8-10H2,1H3/t13-,14+/m0/s1. The van der Waals surface area contributed by atoms with Crippen LogP contribution in [0.5, 0.6) is 0 Å². The molecule has 1 aromatic rings. The zero-order chi connectivity index (χ0) is 15.0. The topological polar surface area (TPSA) is 49.9 Å². The van der Waals surface area contributed by atoms with Crippen molar-refractivity contribution in [3.63, 3.8) is 0 Å². The fourth-order valence-electron chi connectivity index (χ4n) is 3.09. The molecule has 7 heteroatoms. The highest BCUT2D eigenvalue weighted by atomic mass is 35.5. The van der Waals surface area contributed by atoms with Gasteiger partial charge in [0.2, 0.25) is 10.0 Å². The fraction of sp³-hybridized carbons (Fsp3) is 0.571. The van der Waals surface area contributed by atoms with E-state index in [0.29, 0.717) is 18.1 Å². The van der Waals surface area contributed by atoms with E-state index in [2.05, 4.69) is 0 Å². The Labute approximate surface area is 130 Å². The van der Waals surface area contributed by atoms with Crippen LogP contribution in [0.25, 0.3) is 0 Å². The van der Waals surface area contributed by atoms with Crippen molar-refractivity contribution in [3.05, 3.63) is 34.9 Å². The third kappa shape index (κ3) is 2.71. The first-order chi connectivity index (χ1) is 10.0. The summed E-state index contributed by atoms with van der Waals surface area (Å²) in [6.45, 7) is 1.39. The summed E-state index contributed by atoms with van der Waals surface area (Å²) in [6.07, 6.45) is 1.86. The Hall–Kier alpha value is -0.660. The number of halogens is 1. The second-order valence-corrected chi connectivity index (χ2v) is 8.06. The first kappa shape index (κ1) is 15.2. The molecule has 0 bridgehead atoms. The minimum Gasteiger partial charge on any atom is -0.297 e. The molecule has 21 heavy (non-hydrogen) atoms. The van der Waals surface area contributed by atoms with Crippen molar-refractivity contribution in [1.29, 1.82) is 0 Å². The summed E-state index contributed by atoms with van der Waals surface area (Å²) in [5.41, 5.74) is 0.798. The molecular formula is C14H19ClN2O3S. The Balaban J connectivity index is 1.96. The smallest absolute Gasteiger partial charge is 0.221 e. The van der Waals surface area contributed by atoms with Gasteiger partial charge in [-0.3, -0.25) is 4.84 Å². The van der Waals surface area contributed by atoms with Crippen LogP contribution >= 0.6 is 11.6 Å². The van der Waals surface area contributed by atoms with Crippen molar-refractivity contribution in [2.45, 2.75) is 24.1 Å². The largest absolute Gasteiger partial charge is 0.297 e. The predicted molar refractivity (Wildman–Crippen MR) is 81.4 cm³/mol. The monoisotopic (exact) mass is 330 g/mol. The number of hydroxylamine groups is 2. The van der Waals surface area contributed by atoms with Crippen LogP contribution in [0.3, 0.4) is 0 Å². The van der Waals surface area contributed by atoms with E-state index in [-0.39, 0.29) is 12.6 Å². The minimum absolute atomic E-state index is 0.172. The maximum atomic E-state index is 12.9. The average Bonchev–Trinajstić information content (AvgIpc) is 3.09. The Bertz CT molecular complexity index is 616. The second kappa shape index (κ2) is 5.85. The zero-order valence-corrected chi connectivity index (χ0v) is 13.5. The Morgan fingerprint density at radius 1 is 1.24 bits per heavy atom. The molecule has 2 aliphatic rings. The summed E-state index contributed by atoms with van der Waals surface area (Å²) in [6, 6.07) is 6.98. The van der Waals surface area contributed by atoms with Crippen LogP contribution in [0, 0.1) is 0 Å². The average molecular weight is 331 g/mol. The maximum Gasteiger partial charge on any atom is 0.221 e. The van der Waals surface area contributed by atoms with E-state index in [1.807, 2.05) is 18.2 Å². The number of benzene rings is 1. The first-order valence-electron chi connectivity index (χ1n) is 7.11. The van der Waals surface area contributed by atoms with Crippen LogP contribution in [0.1, 0.15) is 24.4 Å². The van der Waals surface area contributed by atoms with Gasteiger partial charge in [-0.1, -0.05) is 29.8 Å². The summed E-state index contributed by atoms with van der Waals surface area (Å²) in [4.78, 5) is 5.50. The first-order valence-corrected chi connectivity index (χ1v) is 8.99. The molecular weight excluding hydrogens is 312 g/mol. The van der Waals surface area contributed by atoms with Gasteiger partial charge < -0.3 is 0 Å². The second-order valence-electron chi connectivity index (χ2n) is 5.50. The molecule has 0 N–H and O–H groups in total. The number of rotatable bonds is 3. The Kier molecular flexibility index (Phi) is 4.25. The molecule has 0 unspecified atom stereocenters. The van der Waals surface area contributed by atoms with Crippen LogP contribution in [0.15, 0.2) is 24.3 Å². The molecule has 2 saturated heterocycles. The number of nitrogens with zero attached hydrogens (tertiary/aromatic N) is 2. The number of sulfonamides is 1. The van der Waals surface area contributed by atoms with Gasteiger partial charge in [-0.15, -0.1) is 0 Å². The van der Waals surface area contributed by atoms with Crippen molar-refractivity contribution < 1.29 is 13.3 Å². The molecule has 0 amide bonds. The molecule has 0 radical (unpaired) electrons. The van der Waals surface area contributed by atoms with E-state index in [4.69, 9.17) is 16.4 Å². The molecule has 2 heterocycles. The Morgan fingerprint density at radius 3 is 2.57 bits per heavy atom. The van der Waals surface area contributed by atoms with Crippen molar-refractivity contribution in [1.82, 2.24) is 9.37 Å². The molecule has 5 nitrogen and oxygen atoms in total. The lowest BCUT2D eigenvalue weighted by Crippen LogP contribution is -2.41. The predicted octanol–water partition coefficient (Wildman–Crippen LogP) is 2.05.